The van der Waals surface area contributed by atoms with Crippen molar-refractivity contribution in [1.82, 2.24) is 4.90 Å². The second kappa shape index (κ2) is 7.74. The molecule has 0 aliphatic carbocycles. The molecular formula is C14H20N2O2S. The van der Waals surface area contributed by atoms with Crippen LogP contribution < -0.4 is 10.5 Å². The minimum absolute atomic E-state index is 0.00257. The zero-order chi connectivity index (χ0) is 14.3. The van der Waals surface area contributed by atoms with E-state index in [4.69, 9.17) is 22.7 Å². The van der Waals surface area contributed by atoms with Gasteiger partial charge in [-0.15, -0.1) is 0 Å². The third-order valence-corrected chi connectivity index (χ3v) is 2.96. The summed E-state index contributed by atoms with van der Waals surface area (Å²) in [5, 5.41) is 0. The topological polar surface area (TPSA) is 55.6 Å². The van der Waals surface area contributed by atoms with Gasteiger partial charge < -0.3 is 15.4 Å². The van der Waals surface area contributed by atoms with Gasteiger partial charge in [-0.3, -0.25) is 4.79 Å². The van der Waals surface area contributed by atoms with Crippen molar-refractivity contribution in [1.29, 1.82) is 0 Å². The van der Waals surface area contributed by atoms with Gasteiger partial charge >= 0.3 is 0 Å². The molecule has 5 heteroatoms. The number of nitrogens with two attached hydrogens (primary N) is 1. The molecule has 1 rings (SSSR count). The van der Waals surface area contributed by atoms with Gasteiger partial charge in [0.15, 0.2) is 6.61 Å². The molecule has 1 aromatic carbocycles. The van der Waals surface area contributed by atoms with Crippen LogP contribution in [0.25, 0.3) is 0 Å². The Morgan fingerprint density at radius 3 is 2.42 bits per heavy atom. The Morgan fingerprint density at radius 1 is 1.32 bits per heavy atom. The Labute approximate surface area is 119 Å². The maximum atomic E-state index is 11.9. The summed E-state index contributed by atoms with van der Waals surface area (Å²) < 4.78 is 5.46. The van der Waals surface area contributed by atoms with Gasteiger partial charge in [0.2, 0.25) is 0 Å². The highest BCUT2D eigenvalue weighted by molar-refractivity contribution is 7.80. The molecule has 0 spiro atoms. The van der Waals surface area contributed by atoms with Crippen molar-refractivity contribution in [2.75, 3.05) is 19.7 Å². The van der Waals surface area contributed by atoms with Gasteiger partial charge in [-0.1, -0.05) is 19.1 Å². The van der Waals surface area contributed by atoms with Gasteiger partial charge in [0.25, 0.3) is 5.91 Å². The predicted molar refractivity (Wildman–Crippen MR) is 80.4 cm³/mol. The largest absolute Gasteiger partial charge is 0.484 e. The zero-order valence-electron chi connectivity index (χ0n) is 11.4. The second-order valence-corrected chi connectivity index (χ2v) is 4.59. The lowest BCUT2D eigenvalue weighted by molar-refractivity contribution is -0.133. The minimum atomic E-state index is 0.00257. The first-order chi connectivity index (χ1) is 9.08. The molecule has 0 atom stereocenters. The molecule has 19 heavy (non-hydrogen) atoms. The van der Waals surface area contributed by atoms with Crippen molar-refractivity contribution in [2.24, 2.45) is 5.73 Å². The summed E-state index contributed by atoms with van der Waals surface area (Å²) in [6.45, 7) is 5.53. The molecule has 0 aromatic heterocycles. The fourth-order valence-corrected chi connectivity index (χ4v) is 1.82. The molecule has 104 valence electrons. The van der Waals surface area contributed by atoms with Gasteiger partial charge in [-0.25, -0.2) is 0 Å². The Balaban J connectivity index is 2.52. The van der Waals surface area contributed by atoms with E-state index in [0.29, 0.717) is 17.3 Å². The molecule has 0 bridgehead atoms. The maximum Gasteiger partial charge on any atom is 0.260 e. The van der Waals surface area contributed by atoms with Crippen LogP contribution in [0.5, 0.6) is 5.75 Å². The highest BCUT2D eigenvalue weighted by atomic mass is 32.1. The van der Waals surface area contributed by atoms with Crippen molar-refractivity contribution >= 4 is 23.1 Å². The van der Waals surface area contributed by atoms with E-state index < -0.39 is 0 Å². The zero-order valence-corrected chi connectivity index (χ0v) is 12.2. The summed E-state index contributed by atoms with van der Waals surface area (Å²) in [7, 11) is 0. The molecule has 0 radical (unpaired) electrons. The Morgan fingerprint density at radius 2 is 1.95 bits per heavy atom. The average molecular weight is 280 g/mol. The fourth-order valence-electron chi connectivity index (χ4n) is 1.68. The van der Waals surface area contributed by atoms with Gasteiger partial charge in [-0.2, -0.15) is 0 Å². The second-order valence-electron chi connectivity index (χ2n) is 4.15. The van der Waals surface area contributed by atoms with Gasteiger partial charge in [0.1, 0.15) is 10.7 Å². The lowest BCUT2D eigenvalue weighted by Gasteiger charge is -2.20. The molecular weight excluding hydrogens is 260 g/mol. The number of hydrogen-bond donors (Lipinski definition) is 1. The first-order valence-corrected chi connectivity index (χ1v) is 6.79. The van der Waals surface area contributed by atoms with Gasteiger partial charge in [0.05, 0.1) is 0 Å². The number of ether oxygens (including phenoxy) is 1. The van der Waals surface area contributed by atoms with E-state index in [1.165, 1.54) is 0 Å². The number of thiocarbonyl (C=S) groups is 1. The van der Waals surface area contributed by atoms with E-state index in [9.17, 15) is 4.79 Å². The van der Waals surface area contributed by atoms with Crippen molar-refractivity contribution in [3.05, 3.63) is 29.8 Å². The number of amides is 1. The number of carbonyl (C=O) groups excluding carboxylic acids is 1. The number of rotatable bonds is 7. The highest BCUT2D eigenvalue weighted by Crippen LogP contribution is 2.12. The Bertz CT molecular complexity index is 432. The van der Waals surface area contributed by atoms with E-state index in [-0.39, 0.29) is 12.5 Å². The summed E-state index contributed by atoms with van der Waals surface area (Å²) in [6, 6.07) is 7.09. The summed E-state index contributed by atoms with van der Waals surface area (Å²) >= 11 is 4.87. The molecule has 1 amide bonds. The van der Waals surface area contributed by atoms with Gasteiger partial charge in [-0.05, 0) is 37.6 Å². The number of carbonyl (C=O) groups is 1. The monoisotopic (exact) mass is 280 g/mol. The van der Waals surface area contributed by atoms with Crippen molar-refractivity contribution < 1.29 is 9.53 Å². The van der Waals surface area contributed by atoms with Crippen LogP contribution in [0.3, 0.4) is 0 Å². The van der Waals surface area contributed by atoms with E-state index in [1.807, 2.05) is 13.8 Å². The van der Waals surface area contributed by atoms with Crippen LogP contribution in [0.1, 0.15) is 25.8 Å². The number of benzene rings is 1. The highest BCUT2D eigenvalue weighted by Gasteiger charge is 2.11. The molecule has 0 heterocycles. The third-order valence-electron chi connectivity index (χ3n) is 2.73. The first-order valence-electron chi connectivity index (χ1n) is 6.38. The lowest BCUT2D eigenvalue weighted by Crippen LogP contribution is -2.35. The van der Waals surface area contributed by atoms with Crippen LogP contribution in [0.15, 0.2) is 24.3 Å². The van der Waals surface area contributed by atoms with Crippen LogP contribution in [-0.4, -0.2) is 35.5 Å². The summed E-state index contributed by atoms with van der Waals surface area (Å²) in [5.74, 6) is 0.642. The average Bonchev–Trinajstić information content (AvgIpc) is 2.42. The van der Waals surface area contributed by atoms with Crippen LogP contribution >= 0.6 is 12.2 Å². The van der Waals surface area contributed by atoms with Gasteiger partial charge in [0, 0.05) is 18.7 Å². The molecule has 1 aromatic rings. The van der Waals surface area contributed by atoms with E-state index >= 15 is 0 Å². The summed E-state index contributed by atoms with van der Waals surface area (Å²) in [4.78, 5) is 14.0. The number of hydrogen-bond acceptors (Lipinski definition) is 3. The number of nitrogens with zero attached hydrogens (tertiary/aromatic N) is 1. The Hall–Kier alpha value is -1.62. The fraction of sp³-hybridized carbons (Fsp3) is 0.429. The molecule has 2 N–H and O–H groups in total. The molecule has 0 aliphatic rings. The molecule has 0 saturated heterocycles. The predicted octanol–water partition coefficient (Wildman–Crippen LogP) is 1.96. The normalized spacial score (nSPS) is 10.0. The standard InChI is InChI=1S/C14H20N2O2S/c1-3-9-16(4-2)13(17)10-18-12-7-5-11(6-8-12)14(15)19/h5-8H,3-4,9-10H2,1-2H3,(H2,15,19). The first kappa shape index (κ1) is 15.4. The smallest absolute Gasteiger partial charge is 0.260 e. The van der Waals surface area contributed by atoms with Crippen molar-refractivity contribution in [2.45, 2.75) is 20.3 Å². The van der Waals surface area contributed by atoms with E-state index in [2.05, 4.69) is 0 Å². The number of likely N-dealkylation sites (N-methyl/N-ethyl adjacent to an activating group) is 1. The molecule has 4 nitrogen and oxygen atoms in total. The van der Waals surface area contributed by atoms with E-state index in [0.717, 1.165) is 18.5 Å². The van der Waals surface area contributed by atoms with Crippen molar-refractivity contribution in [3.63, 3.8) is 0 Å². The van der Waals surface area contributed by atoms with E-state index in [1.54, 1.807) is 29.2 Å². The van der Waals surface area contributed by atoms with Crippen molar-refractivity contribution in [3.8, 4) is 5.75 Å². The maximum absolute atomic E-state index is 11.9. The molecule has 0 saturated carbocycles. The molecule has 0 fully saturated rings. The summed E-state index contributed by atoms with van der Waals surface area (Å²) in [5.41, 5.74) is 6.29. The summed E-state index contributed by atoms with van der Waals surface area (Å²) in [6.07, 6.45) is 0.947. The minimum Gasteiger partial charge on any atom is -0.484 e. The third kappa shape index (κ3) is 4.87. The quantitative estimate of drug-likeness (QED) is 0.776. The van der Waals surface area contributed by atoms with Crippen LogP contribution in [0, 0.1) is 0 Å². The lowest BCUT2D eigenvalue weighted by atomic mass is 10.2. The van der Waals surface area contributed by atoms with Crippen LogP contribution in [0.2, 0.25) is 0 Å². The SMILES string of the molecule is CCCN(CC)C(=O)COc1ccc(C(N)=S)cc1. The molecule has 0 aliphatic heterocycles. The van der Waals surface area contributed by atoms with Crippen LogP contribution in [-0.2, 0) is 4.79 Å². The Kier molecular flexibility index (Phi) is 6.29. The molecule has 0 unspecified atom stereocenters. The van der Waals surface area contributed by atoms with Crippen LogP contribution in [0.4, 0.5) is 0 Å².